The Morgan fingerprint density at radius 1 is 1.19 bits per heavy atom. The summed E-state index contributed by atoms with van der Waals surface area (Å²) in [6.07, 6.45) is 4.25. The second-order valence-corrected chi connectivity index (χ2v) is 9.67. The number of aromatic amines is 1. The molecule has 1 aliphatic carbocycles. The van der Waals surface area contributed by atoms with Crippen LogP contribution in [0.4, 0.5) is 0 Å². The summed E-state index contributed by atoms with van der Waals surface area (Å²) in [6, 6.07) is 7.64. The van der Waals surface area contributed by atoms with Crippen LogP contribution in [0.3, 0.4) is 0 Å². The highest BCUT2D eigenvalue weighted by atomic mass is 32.2. The molecule has 1 aromatic heterocycles. The fraction of sp³-hybridized carbons (Fsp3) is 0.550. The first-order chi connectivity index (χ1) is 13.0. The monoisotopic (exact) mass is 390 g/mol. The molecule has 0 amide bonds. The first kappa shape index (κ1) is 18.7. The zero-order valence-electron chi connectivity index (χ0n) is 15.6. The number of rotatable bonds is 4. The fourth-order valence-electron chi connectivity index (χ4n) is 4.30. The van der Waals surface area contributed by atoms with Crippen molar-refractivity contribution in [1.82, 2.24) is 9.29 Å². The Morgan fingerprint density at radius 3 is 2.63 bits per heavy atom. The highest BCUT2D eigenvalue weighted by Gasteiger charge is 2.36. The minimum atomic E-state index is -3.04. The van der Waals surface area contributed by atoms with Crippen LogP contribution in [0.2, 0.25) is 0 Å². The van der Waals surface area contributed by atoms with E-state index in [1.54, 1.807) is 4.31 Å². The van der Waals surface area contributed by atoms with Gasteiger partial charge in [0.2, 0.25) is 10.0 Å². The van der Waals surface area contributed by atoms with Gasteiger partial charge in [-0.05, 0) is 51.2 Å². The summed E-state index contributed by atoms with van der Waals surface area (Å²) in [5.74, 6) is 0.290. The molecule has 27 heavy (non-hydrogen) atoms. The highest BCUT2D eigenvalue weighted by molar-refractivity contribution is 7.89. The van der Waals surface area contributed by atoms with E-state index >= 15 is 0 Å². The summed E-state index contributed by atoms with van der Waals surface area (Å²) in [5, 5.41) is 0.700. The third-order valence-electron chi connectivity index (χ3n) is 5.90. The molecule has 2 aliphatic rings. The maximum atomic E-state index is 12.5. The van der Waals surface area contributed by atoms with Gasteiger partial charge in [-0.25, -0.2) is 8.42 Å². The Labute approximate surface area is 159 Å². The molecule has 1 N–H and O–H groups in total. The molecule has 1 aliphatic heterocycles. The van der Waals surface area contributed by atoms with Crippen molar-refractivity contribution in [1.29, 1.82) is 0 Å². The number of sulfonamides is 1. The van der Waals surface area contributed by atoms with Gasteiger partial charge in [-0.3, -0.25) is 4.79 Å². The topological polar surface area (TPSA) is 79.5 Å². The molecule has 1 saturated carbocycles. The van der Waals surface area contributed by atoms with Crippen molar-refractivity contribution in [2.24, 2.45) is 0 Å². The summed E-state index contributed by atoms with van der Waals surface area (Å²) in [7, 11) is -3.04. The molecular weight excluding hydrogens is 364 g/mol. The summed E-state index contributed by atoms with van der Waals surface area (Å²) in [5.41, 5.74) is 2.40. The second-order valence-electron chi connectivity index (χ2n) is 7.63. The first-order valence-corrected chi connectivity index (χ1v) is 11.3. The molecule has 4 rings (SSSR count). The van der Waals surface area contributed by atoms with Crippen LogP contribution in [0, 0.1) is 6.92 Å². The number of ether oxygens (including phenoxy) is 1. The second kappa shape index (κ2) is 7.37. The molecule has 0 bridgehead atoms. The predicted molar refractivity (Wildman–Crippen MR) is 105 cm³/mol. The molecule has 0 atom stereocenters. The van der Waals surface area contributed by atoms with Crippen LogP contribution in [0.25, 0.3) is 10.9 Å². The fourth-order valence-corrected chi connectivity index (χ4v) is 6.10. The number of para-hydroxylation sites is 1. The zero-order valence-corrected chi connectivity index (χ0v) is 16.4. The molecule has 1 saturated heterocycles. The average Bonchev–Trinajstić information content (AvgIpc) is 3.03. The molecule has 0 unspecified atom stereocenters. The van der Waals surface area contributed by atoms with Gasteiger partial charge >= 0.3 is 0 Å². The highest BCUT2D eigenvalue weighted by Crippen LogP contribution is 2.30. The minimum Gasteiger partial charge on any atom is -0.372 e. The van der Waals surface area contributed by atoms with E-state index in [2.05, 4.69) is 4.98 Å². The zero-order chi connectivity index (χ0) is 19.0. The quantitative estimate of drug-likeness (QED) is 0.871. The third-order valence-corrected chi connectivity index (χ3v) is 7.90. The maximum absolute atomic E-state index is 12.5. The van der Waals surface area contributed by atoms with Crippen molar-refractivity contribution < 1.29 is 13.2 Å². The largest absolute Gasteiger partial charge is 0.372 e. The molecule has 7 heteroatoms. The lowest BCUT2D eigenvalue weighted by molar-refractivity contribution is 0.00439. The van der Waals surface area contributed by atoms with E-state index in [0.717, 1.165) is 43.3 Å². The van der Waals surface area contributed by atoms with Gasteiger partial charge in [-0.1, -0.05) is 12.1 Å². The Bertz CT molecular complexity index is 991. The number of hydrogen-bond acceptors (Lipinski definition) is 4. The number of fused-ring (bicyclic) bond motifs is 1. The number of pyridine rings is 1. The van der Waals surface area contributed by atoms with E-state index in [4.69, 9.17) is 4.74 Å². The van der Waals surface area contributed by atoms with Gasteiger partial charge in [0.1, 0.15) is 0 Å². The molecule has 146 valence electrons. The van der Waals surface area contributed by atoms with Crippen molar-refractivity contribution in [2.75, 3.05) is 12.3 Å². The molecule has 2 heterocycles. The van der Waals surface area contributed by atoms with Crippen LogP contribution in [0.5, 0.6) is 0 Å². The Kier molecular flexibility index (Phi) is 5.09. The van der Waals surface area contributed by atoms with Gasteiger partial charge in [-0.2, -0.15) is 4.31 Å². The minimum absolute atomic E-state index is 0.0471. The van der Waals surface area contributed by atoms with Gasteiger partial charge in [-0.15, -0.1) is 0 Å². The predicted octanol–water partition coefficient (Wildman–Crippen LogP) is 2.70. The smallest absolute Gasteiger partial charge is 0.214 e. The molecular formula is C20H26N2O4S. The van der Waals surface area contributed by atoms with Crippen LogP contribution < -0.4 is 5.43 Å². The lowest BCUT2D eigenvalue weighted by atomic mass is 9.93. The lowest BCUT2D eigenvalue weighted by Crippen LogP contribution is -2.40. The van der Waals surface area contributed by atoms with E-state index in [0.29, 0.717) is 24.1 Å². The number of nitrogens with one attached hydrogen (secondary N) is 1. The summed E-state index contributed by atoms with van der Waals surface area (Å²) in [6.45, 7) is 2.87. The summed E-state index contributed by atoms with van der Waals surface area (Å²) < 4.78 is 32.0. The summed E-state index contributed by atoms with van der Waals surface area (Å²) >= 11 is 0. The van der Waals surface area contributed by atoms with Gasteiger partial charge in [0.05, 0.1) is 18.5 Å². The van der Waals surface area contributed by atoms with Crippen LogP contribution in [-0.2, 0) is 21.4 Å². The van der Waals surface area contributed by atoms with Crippen molar-refractivity contribution in [3.05, 3.63) is 45.7 Å². The van der Waals surface area contributed by atoms with Gasteiger partial charge in [0.15, 0.2) is 5.43 Å². The standard InChI is InChI=1S/C20H26N2O4S/c1-14-19(21-18-6-3-2-5-17(18)20(14)23)13-26-16-9-7-15(8-10-16)22-11-4-12-27(22,24)25/h2-3,5-6,15-16H,4,7-13H2,1H3,(H,21,23)/t15-,16-. The normalized spacial score (nSPS) is 25.8. The SMILES string of the molecule is Cc1c(CO[C@H]2CC[C@H](N3CCCS3(=O)=O)CC2)[nH]c2ccccc2c1=O. The van der Waals surface area contributed by atoms with E-state index in [1.165, 1.54) is 0 Å². The van der Waals surface area contributed by atoms with Gasteiger partial charge in [0.25, 0.3) is 0 Å². The Morgan fingerprint density at radius 2 is 1.93 bits per heavy atom. The van der Waals surface area contributed by atoms with E-state index in [1.807, 2.05) is 31.2 Å². The number of H-pyrrole nitrogens is 1. The van der Waals surface area contributed by atoms with Crippen molar-refractivity contribution in [3.8, 4) is 0 Å². The number of hydrogen-bond donors (Lipinski definition) is 1. The molecule has 2 fully saturated rings. The van der Waals surface area contributed by atoms with Crippen molar-refractivity contribution in [3.63, 3.8) is 0 Å². The number of nitrogens with zero attached hydrogens (tertiary/aromatic N) is 1. The van der Waals surface area contributed by atoms with Crippen molar-refractivity contribution in [2.45, 2.75) is 57.8 Å². The van der Waals surface area contributed by atoms with Gasteiger partial charge < -0.3 is 9.72 Å². The Balaban J connectivity index is 1.39. The molecule has 6 nitrogen and oxygen atoms in total. The van der Waals surface area contributed by atoms with Crippen molar-refractivity contribution >= 4 is 20.9 Å². The van der Waals surface area contributed by atoms with Gasteiger partial charge in [0, 0.05) is 34.7 Å². The number of benzene rings is 1. The van der Waals surface area contributed by atoms with E-state index < -0.39 is 10.0 Å². The average molecular weight is 391 g/mol. The van der Waals surface area contributed by atoms with Crippen LogP contribution in [-0.4, -0.2) is 42.2 Å². The van der Waals surface area contributed by atoms with Crippen LogP contribution in [0.15, 0.2) is 29.1 Å². The van der Waals surface area contributed by atoms with Crippen LogP contribution >= 0.6 is 0 Å². The third kappa shape index (κ3) is 3.68. The maximum Gasteiger partial charge on any atom is 0.214 e. The van der Waals surface area contributed by atoms with E-state index in [-0.39, 0.29) is 23.3 Å². The summed E-state index contributed by atoms with van der Waals surface area (Å²) in [4.78, 5) is 15.8. The molecule has 2 aromatic rings. The van der Waals surface area contributed by atoms with Crippen LogP contribution in [0.1, 0.15) is 43.4 Å². The molecule has 0 spiro atoms. The number of aromatic nitrogens is 1. The van der Waals surface area contributed by atoms with E-state index in [9.17, 15) is 13.2 Å². The molecule has 0 radical (unpaired) electrons. The first-order valence-electron chi connectivity index (χ1n) is 9.67. The lowest BCUT2D eigenvalue weighted by Gasteiger charge is -2.33. The molecule has 1 aromatic carbocycles. The Hall–Kier alpha value is -1.70.